The first-order valence-electron chi connectivity index (χ1n) is 4.37. The van der Waals surface area contributed by atoms with Gasteiger partial charge in [0.15, 0.2) is 0 Å². The minimum atomic E-state index is -3.48. The van der Waals surface area contributed by atoms with Gasteiger partial charge >= 0.3 is 0 Å². The van der Waals surface area contributed by atoms with Crippen molar-refractivity contribution in [1.29, 1.82) is 0 Å². The smallest absolute Gasteiger partial charge is 0.236 e. The maximum atomic E-state index is 10.8. The van der Waals surface area contributed by atoms with Gasteiger partial charge in [0.2, 0.25) is 9.05 Å². The molecule has 0 radical (unpaired) electrons. The van der Waals surface area contributed by atoms with Crippen LogP contribution in [0.15, 0.2) is 6.20 Å². The van der Waals surface area contributed by atoms with E-state index in [9.17, 15) is 8.42 Å². The topological polar surface area (TPSA) is 52.0 Å². The molecule has 6 heteroatoms. The number of halogens is 1. The monoisotopic (exact) mass is 236 g/mol. The molecule has 1 aromatic heterocycles. The molecule has 0 aliphatic rings. The van der Waals surface area contributed by atoms with E-state index in [1.54, 1.807) is 17.8 Å². The van der Waals surface area contributed by atoms with Gasteiger partial charge in [-0.25, -0.2) is 8.42 Å². The molecule has 14 heavy (non-hydrogen) atoms. The van der Waals surface area contributed by atoms with E-state index < -0.39 is 9.05 Å². The van der Waals surface area contributed by atoms with Crippen molar-refractivity contribution in [2.24, 2.45) is 0 Å². The van der Waals surface area contributed by atoms with E-state index in [0.717, 1.165) is 18.7 Å². The van der Waals surface area contributed by atoms with E-state index in [1.165, 1.54) is 0 Å². The Morgan fingerprint density at radius 1 is 1.57 bits per heavy atom. The van der Waals surface area contributed by atoms with Gasteiger partial charge in [-0.2, -0.15) is 5.10 Å². The second kappa shape index (κ2) is 4.31. The van der Waals surface area contributed by atoms with Gasteiger partial charge in [-0.3, -0.25) is 4.68 Å². The molecule has 0 aliphatic carbocycles. The van der Waals surface area contributed by atoms with Crippen molar-refractivity contribution >= 4 is 19.7 Å². The first-order valence-corrected chi connectivity index (χ1v) is 6.85. The van der Waals surface area contributed by atoms with Crippen LogP contribution in [0.2, 0.25) is 0 Å². The molecular weight excluding hydrogens is 224 g/mol. The number of hydrogen-bond acceptors (Lipinski definition) is 3. The van der Waals surface area contributed by atoms with Crippen molar-refractivity contribution in [3.8, 4) is 0 Å². The van der Waals surface area contributed by atoms with E-state index in [1.807, 2.05) is 6.92 Å². The van der Waals surface area contributed by atoms with Gasteiger partial charge < -0.3 is 0 Å². The van der Waals surface area contributed by atoms with E-state index in [-0.39, 0.29) is 5.75 Å². The summed E-state index contributed by atoms with van der Waals surface area (Å²) < 4.78 is 23.4. The minimum absolute atomic E-state index is 0.149. The lowest BCUT2D eigenvalue weighted by atomic mass is 10.3. The van der Waals surface area contributed by atoms with Gasteiger partial charge in [-0.05, 0) is 13.3 Å². The van der Waals surface area contributed by atoms with Crippen LogP contribution in [-0.4, -0.2) is 18.2 Å². The summed E-state index contributed by atoms with van der Waals surface area (Å²) in [7, 11) is 1.68. The predicted octanol–water partition coefficient (Wildman–Crippen LogP) is 1.67. The molecular formula is C8H13ClN2O2S. The quantitative estimate of drug-likeness (QED) is 0.748. The van der Waals surface area contributed by atoms with Crippen molar-refractivity contribution in [2.45, 2.75) is 32.6 Å². The summed E-state index contributed by atoms with van der Waals surface area (Å²) in [5, 5.41) is 4.18. The molecule has 0 spiro atoms. The van der Waals surface area contributed by atoms with Crippen LogP contribution < -0.4 is 0 Å². The molecule has 1 aromatic rings. The van der Waals surface area contributed by atoms with Crippen LogP contribution >= 0.6 is 10.7 Å². The van der Waals surface area contributed by atoms with Crippen LogP contribution in [0.5, 0.6) is 0 Å². The maximum Gasteiger partial charge on any atom is 0.236 e. The first-order chi connectivity index (χ1) is 6.42. The van der Waals surface area contributed by atoms with Crippen LogP contribution in [0.25, 0.3) is 0 Å². The molecule has 1 rings (SSSR count). The Balaban J connectivity index is 2.88. The Morgan fingerprint density at radius 2 is 2.21 bits per heavy atom. The third-order valence-corrected chi connectivity index (χ3v) is 2.81. The summed E-state index contributed by atoms with van der Waals surface area (Å²) >= 11 is 0. The van der Waals surface area contributed by atoms with Crippen LogP contribution in [0.1, 0.15) is 24.6 Å². The highest BCUT2D eigenvalue weighted by Gasteiger charge is 2.12. The molecule has 0 aromatic carbocycles. The van der Waals surface area contributed by atoms with Crippen LogP contribution in [-0.2, 0) is 21.3 Å². The molecule has 4 nitrogen and oxygen atoms in total. The Labute approximate surface area is 88.3 Å². The SMILES string of the molecule is CCCn1cc(CS(=O)(=O)Cl)c(C)n1. The molecule has 0 unspecified atom stereocenters. The van der Waals surface area contributed by atoms with Crippen molar-refractivity contribution in [2.75, 3.05) is 0 Å². The lowest BCUT2D eigenvalue weighted by Gasteiger charge is -1.94. The fraction of sp³-hybridized carbons (Fsp3) is 0.625. The van der Waals surface area contributed by atoms with Gasteiger partial charge in [-0.1, -0.05) is 6.92 Å². The van der Waals surface area contributed by atoms with Gasteiger partial charge in [0, 0.05) is 29.0 Å². The lowest BCUT2D eigenvalue weighted by molar-refractivity contribution is 0.598. The maximum absolute atomic E-state index is 10.8. The summed E-state index contributed by atoms with van der Waals surface area (Å²) in [6, 6.07) is 0. The third-order valence-electron chi connectivity index (χ3n) is 1.83. The summed E-state index contributed by atoms with van der Waals surface area (Å²) in [4.78, 5) is 0. The zero-order valence-electron chi connectivity index (χ0n) is 8.20. The number of rotatable bonds is 4. The van der Waals surface area contributed by atoms with Crippen molar-refractivity contribution < 1.29 is 8.42 Å². The molecule has 0 bridgehead atoms. The highest BCUT2D eigenvalue weighted by Crippen LogP contribution is 2.13. The van der Waals surface area contributed by atoms with Gasteiger partial charge in [0.1, 0.15) is 0 Å². The zero-order chi connectivity index (χ0) is 10.8. The summed E-state index contributed by atoms with van der Waals surface area (Å²) in [5.74, 6) is -0.149. The van der Waals surface area contributed by atoms with Crippen LogP contribution in [0.4, 0.5) is 0 Å². The predicted molar refractivity (Wildman–Crippen MR) is 55.7 cm³/mol. The summed E-state index contributed by atoms with van der Waals surface area (Å²) in [6.07, 6.45) is 2.70. The molecule has 0 amide bonds. The normalized spacial score (nSPS) is 11.9. The molecule has 0 N–H and O–H groups in total. The van der Waals surface area contributed by atoms with Crippen molar-refractivity contribution in [3.05, 3.63) is 17.5 Å². The van der Waals surface area contributed by atoms with E-state index >= 15 is 0 Å². The Bertz CT molecular complexity index is 411. The molecule has 0 saturated carbocycles. The zero-order valence-corrected chi connectivity index (χ0v) is 9.77. The van der Waals surface area contributed by atoms with Gasteiger partial charge in [0.05, 0.1) is 11.4 Å². The van der Waals surface area contributed by atoms with Crippen molar-refractivity contribution in [1.82, 2.24) is 9.78 Å². The second-order valence-electron chi connectivity index (χ2n) is 3.19. The van der Waals surface area contributed by atoms with Gasteiger partial charge in [-0.15, -0.1) is 0 Å². The Morgan fingerprint density at radius 3 is 2.71 bits per heavy atom. The third kappa shape index (κ3) is 3.31. The van der Waals surface area contributed by atoms with Gasteiger partial charge in [0.25, 0.3) is 0 Å². The van der Waals surface area contributed by atoms with E-state index in [2.05, 4.69) is 5.10 Å². The largest absolute Gasteiger partial charge is 0.272 e. The van der Waals surface area contributed by atoms with Crippen LogP contribution in [0.3, 0.4) is 0 Å². The first kappa shape index (κ1) is 11.5. The summed E-state index contributed by atoms with van der Waals surface area (Å²) in [5.41, 5.74) is 1.40. The van der Waals surface area contributed by atoms with Crippen molar-refractivity contribution in [3.63, 3.8) is 0 Å². The number of hydrogen-bond donors (Lipinski definition) is 0. The Kier molecular flexibility index (Phi) is 3.55. The molecule has 80 valence electrons. The average molecular weight is 237 g/mol. The van der Waals surface area contributed by atoms with E-state index in [4.69, 9.17) is 10.7 Å². The standard InChI is InChI=1S/C8H13ClN2O2S/c1-3-4-11-5-8(7(2)10-11)6-14(9,12)13/h5H,3-4,6H2,1-2H3. The molecule has 1 heterocycles. The molecule has 0 fully saturated rings. The average Bonchev–Trinajstić information content (AvgIpc) is 2.29. The highest BCUT2D eigenvalue weighted by molar-refractivity contribution is 8.13. The molecule has 0 atom stereocenters. The molecule has 0 saturated heterocycles. The number of aryl methyl sites for hydroxylation is 2. The Hall–Kier alpha value is -0.550. The number of aromatic nitrogens is 2. The minimum Gasteiger partial charge on any atom is -0.272 e. The highest BCUT2D eigenvalue weighted by atomic mass is 35.7. The lowest BCUT2D eigenvalue weighted by Crippen LogP contribution is -1.96. The second-order valence-corrected chi connectivity index (χ2v) is 5.96. The summed E-state index contributed by atoms with van der Waals surface area (Å²) in [6.45, 7) is 4.61. The fourth-order valence-electron chi connectivity index (χ4n) is 1.23. The fourth-order valence-corrected chi connectivity index (χ4v) is 2.24. The van der Waals surface area contributed by atoms with E-state index in [0.29, 0.717) is 5.56 Å². The molecule has 0 aliphatic heterocycles. The van der Waals surface area contributed by atoms with Crippen LogP contribution in [0, 0.1) is 6.92 Å². The number of nitrogens with zero attached hydrogens (tertiary/aromatic N) is 2.